The van der Waals surface area contributed by atoms with E-state index in [0.29, 0.717) is 12.3 Å². The van der Waals surface area contributed by atoms with Gasteiger partial charge in [-0.05, 0) is 189 Å². The van der Waals surface area contributed by atoms with E-state index in [-0.39, 0.29) is 12.6 Å². The van der Waals surface area contributed by atoms with Crippen LogP contribution in [0, 0.1) is 112 Å². The molecular formula is C51H57BF5NP2. The zero-order valence-electron chi connectivity index (χ0n) is 37.1. The van der Waals surface area contributed by atoms with Gasteiger partial charge in [-0.2, -0.15) is 0 Å². The Balaban J connectivity index is 1.67. The van der Waals surface area contributed by atoms with Crippen LogP contribution in [0.15, 0.2) is 79.1 Å². The molecule has 0 saturated carbocycles. The minimum Gasteiger partial charge on any atom is -0.423 e. The van der Waals surface area contributed by atoms with Crippen molar-refractivity contribution in [1.82, 2.24) is 0 Å². The summed E-state index contributed by atoms with van der Waals surface area (Å²) in [4.78, 5) is 0. The second-order valence-corrected chi connectivity index (χ2v) is 21.8. The lowest BCUT2D eigenvalue weighted by atomic mass is 9.27. The third kappa shape index (κ3) is 8.64. The number of benzene rings is 5. The summed E-state index contributed by atoms with van der Waals surface area (Å²) in [5.41, 5.74) is 12.8. The summed E-state index contributed by atoms with van der Waals surface area (Å²) in [5.74, 6) is -9.49. The number of hydrogen-bond donors (Lipinski definition) is 0. The van der Waals surface area contributed by atoms with E-state index in [0.717, 1.165) is 66.8 Å². The minimum absolute atomic E-state index is 0.166. The Morgan fingerprint density at radius 1 is 0.383 bits per heavy atom. The first kappa shape index (κ1) is 45.4. The summed E-state index contributed by atoms with van der Waals surface area (Å²) < 4.78 is 82.1. The zero-order chi connectivity index (χ0) is 44.0. The molecule has 0 aliphatic carbocycles. The van der Waals surface area contributed by atoms with Crippen LogP contribution in [0.3, 0.4) is 0 Å². The highest BCUT2D eigenvalue weighted by molar-refractivity contribution is 7.74. The lowest BCUT2D eigenvalue weighted by Crippen LogP contribution is -2.74. The third-order valence-corrected chi connectivity index (χ3v) is 18.8. The number of aryl methyl sites for hydroxylation is 12. The number of aromatic nitrogens is 1. The van der Waals surface area contributed by atoms with Crippen molar-refractivity contribution in [3.05, 3.63) is 175 Å². The van der Waals surface area contributed by atoms with Crippen LogP contribution in [0.1, 0.15) is 66.8 Å². The maximum atomic E-state index is 16.9. The molecule has 1 aromatic heterocycles. The smallest absolute Gasteiger partial charge is 0.311 e. The van der Waals surface area contributed by atoms with Gasteiger partial charge in [-0.1, -0.05) is 82.3 Å². The molecule has 1 heterocycles. The van der Waals surface area contributed by atoms with E-state index in [1.165, 1.54) is 21.2 Å². The summed E-state index contributed by atoms with van der Waals surface area (Å²) in [6.45, 7) is 25.2. The van der Waals surface area contributed by atoms with Crippen LogP contribution >= 0.6 is 15.8 Å². The van der Waals surface area contributed by atoms with Gasteiger partial charge in [-0.3, -0.25) is 0 Å². The maximum Gasteiger partial charge on any atom is 0.311 e. The van der Waals surface area contributed by atoms with Crippen LogP contribution in [0.2, 0.25) is 12.6 Å². The Hall–Kier alpha value is -4.18. The zero-order valence-corrected chi connectivity index (χ0v) is 38.9. The van der Waals surface area contributed by atoms with E-state index in [9.17, 15) is 4.39 Å². The Morgan fingerprint density at radius 2 is 0.633 bits per heavy atom. The van der Waals surface area contributed by atoms with E-state index in [2.05, 4.69) is 132 Å². The first-order valence-electron chi connectivity index (χ1n) is 20.8. The number of halogens is 5. The van der Waals surface area contributed by atoms with Crippen molar-refractivity contribution in [1.29, 1.82) is 0 Å². The SMILES string of the molecule is Cc1cc(C)c(P(CC[B-](CCP(c2c(C)cc(C)cc2C)c2c(C)cc(C)cc2C)(c2c(F)c(F)c(F)c(F)c2F)[n+]2ccccc2)c2c(C)cc(C)cc2C)c(C)c1. The van der Waals surface area contributed by atoms with Crippen molar-refractivity contribution < 1.29 is 26.4 Å². The average Bonchev–Trinajstić information content (AvgIpc) is 3.15. The molecule has 0 spiro atoms. The number of rotatable bonds is 12. The molecule has 0 bridgehead atoms. The second kappa shape index (κ2) is 18.0. The summed E-state index contributed by atoms with van der Waals surface area (Å²) in [5, 5.41) is 4.74. The van der Waals surface area contributed by atoms with Crippen LogP contribution in [0.5, 0.6) is 0 Å². The van der Waals surface area contributed by atoms with Crippen molar-refractivity contribution in [3.8, 4) is 0 Å². The monoisotopic (exact) mass is 851 g/mol. The number of pyridine rings is 1. The Labute approximate surface area is 356 Å². The molecule has 0 fully saturated rings. The van der Waals surface area contributed by atoms with E-state index in [1.54, 1.807) is 29.0 Å². The molecule has 0 aliphatic rings. The predicted molar refractivity (Wildman–Crippen MR) is 248 cm³/mol. The molecule has 6 rings (SSSR count). The van der Waals surface area contributed by atoms with Gasteiger partial charge < -0.3 is 4.48 Å². The lowest BCUT2D eigenvalue weighted by molar-refractivity contribution is -0.545. The van der Waals surface area contributed by atoms with Crippen LogP contribution in [0.25, 0.3) is 0 Å². The Bertz CT molecular complexity index is 2250. The lowest BCUT2D eigenvalue weighted by Gasteiger charge is -2.39. The molecule has 0 radical (unpaired) electrons. The highest BCUT2D eigenvalue weighted by Crippen LogP contribution is 2.45. The topological polar surface area (TPSA) is 3.88 Å². The second-order valence-electron chi connectivity index (χ2n) is 17.4. The molecule has 6 aromatic rings. The Kier molecular flexibility index (Phi) is 13.6. The predicted octanol–water partition coefficient (Wildman–Crippen LogP) is 11.3. The largest absolute Gasteiger partial charge is 0.423 e. The maximum absolute atomic E-state index is 16.9. The molecule has 60 heavy (non-hydrogen) atoms. The molecule has 0 aliphatic heterocycles. The van der Waals surface area contributed by atoms with Gasteiger partial charge in [-0.25, -0.2) is 22.0 Å². The summed E-state index contributed by atoms with van der Waals surface area (Å²) >= 11 is 0. The first-order valence-corrected chi connectivity index (χ1v) is 23.9. The van der Waals surface area contributed by atoms with Crippen molar-refractivity contribution in [2.75, 3.05) is 12.3 Å². The summed E-state index contributed by atoms with van der Waals surface area (Å²) in [7, 11) is -2.37. The molecule has 0 amide bonds. The van der Waals surface area contributed by atoms with Gasteiger partial charge >= 0.3 is 6.28 Å². The van der Waals surface area contributed by atoms with Crippen molar-refractivity contribution in [3.63, 3.8) is 0 Å². The third-order valence-electron chi connectivity index (χ3n) is 12.4. The van der Waals surface area contributed by atoms with E-state index in [4.69, 9.17) is 0 Å². The fourth-order valence-corrected chi connectivity index (χ4v) is 17.1. The number of hydrogen-bond acceptors (Lipinski definition) is 0. The highest BCUT2D eigenvalue weighted by atomic mass is 31.1. The molecule has 0 atom stereocenters. The van der Waals surface area contributed by atoms with Crippen molar-refractivity contribution in [2.45, 2.75) is 95.7 Å². The molecule has 1 nitrogen and oxygen atoms in total. The van der Waals surface area contributed by atoms with Gasteiger partial charge in [-0.15, -0.1) is 12.6 Å². The quantitative estimate of drug-likeness (QED) is 0.0380. The Morgan fingerprint density at radius 3 is 0.900 bits per heavy atom. The van der Waals surface area contributed by atoms with E-state index < -0.39 is 56.7 Å². The van der Waals surface area contributed by atoms with Gasteiger partial charge in [0.15, 0.2) is 17.5 Å². The molecule has 9 heteroatoms. The van der Waals surface area contributed by atoms with Crippen LogP contribution in [-0.2, 0) is 0 Å². The fraction of sp³-hybridized carbons (Fsp3) is 0.314. The molecule has 314 valence electrons. The molecule has 0 N–H and O–H groups in total. The van der Waals surface area contributed by atoms with Crippen LogP contribution in [-0.4, -0.2) is 18.6 Å². The van der Waals surface area contributed by atoms with Gasteiger partial charge in [0.1, 0.15) is 24.0 Å². The van der Waals surface area contributed by atoms with Crippen LogP contribution in [0.4, 0.5) is 22.0 Å². The van der Waals surface area contributed by atoms with Crippen LogP contribution < -0.4 is 31.2 Å². The molecule has 0 saturated heterocycles. The van der Waals surface area contributed by atoms with E-state index >= 15 is 17.6 Å². The van der Waals surface area contributed by atoms with Gasteiger partial charge in [0.2, 0.25) is 0 Å². The molecule has 0 unspecified atom stereocenters. The van der Waals surface area contributed by atoms with Crippen molar-refractivity contribution >= 4 is 48.8 Å². The average molecular weight is 852 g/mol. The first-order chi connectivity index (χ1) is 28.3. The van der Waals surface area contributed by atoms with E-state index in [1.807, 2.05) is 6.07 Å². The van der Waals surface area contributed by atoms with Crippen molar-refractivity contribution in [2.24, 2.45) is 0 Å². The number of nitrogens with zero attached hydrogens (tertiary/aromatic N) is 1. The highest BCUT2D eigenvalue weighted by Gasteiger charge is 2.46. The summed E-state index contributed by atoms with van der Waals surface area (Å²) in [6.07, 6.45) is 2.00. The van der Waals surface area contributed by atoms with Gasteiger partial charge in [0.05, 0.1) is 0 Å². The molecular weight excluding hydrogens is 794 g/mol. The normalized spacial score (nSPS) is 12.0. The van der Waals surface area contributed by atoms with Gasteiger partial charge in [0.25, 0.3) is 0 Å². The molecule has 5 aromatic carbocycles. The van der Waals surface area contributed by atoms with Gasteiger partial charge in [0, 0.05) is 0 Å². The fourth-order valence-electron chi connectivity index (χ4n) is 10.5. The standard InChI is InChI=1S/C51H57BF5NP2/c1-30-22-34(5)48(35(6)23-30)59(49-36(7)24-31(2)25-37(49)8)20-16-52(58-18-14-13-15-19-58,42-43(53)45(55)47(57)46(56)44(42)54)17-21-60(50-38(9)26-32(3)27-39(50)10)51-40(11)28-33(4)29-41(51)12/h13-15,18-19,22-29H,16-17,20-21H2,1-12H3. The summed E-state index contributed by atoms with van der Waals surface area (Å²) in [6, 6.07) is 22.8. The minimum atomic E-state index is -2.73.